The predicted octanol–water partition coefficient (Wildman–Crippen LogP) is 4.56. The van der Waals surface area contributed by atoms with Crippen molar-refractivity contribution < 1.29 is 24.2 Å². The van der Waals surface area contributed by atoms with Crippen molar-refractivity contribution in [2.75, 3.05) is 13.2 Å². The maximum atomic E-state index is 12.6. The summed E-state index contributed by atoms with van der Waals surface area (Å²) in [6.45, 7) is 6.16. The second kappa shape index (κ2) is 11.7. The fourth-order valence-corrected chi connectivity index (χ4v) is 4.28. The Morgan fingerprint density at radius 1 is 0.971 bits per heavy atom. The molecule has 0 radical (unpaired) electrons. The van der Waals surface area contributed by atoms with E-state index in [0.717, 1.165) is 11.1 Å². The van der Waals surface area contributed by atoms with Crippen LogP contribution >= 0.6 is 0 Å². The van der Waals surface area contributed by atoms with Gasteiger partial charge in [0.1, 0.15) is 6.61 Å². The molecule has 2 aromatic rings. The van der Waals surface area contributed by atoms with Crippen LogP contribution in [0.1, 0.15) is 57.1 Å². The van der Waals surface area contributed by atoms with Crippen molar-refractivity contribution in [1.82, 2.24) is 10.6 Å². The summed E-state index contributed by atoms with van der Waals surface area (Å²) >= 11 is 0. The van der Waals surface area contributed by atoms with Crippen LogP contribution in [-0.4, -0.2) is 42.3 Å². The Labute approximate surface area is 200 Å². The Balaban J connectivity index is 1.50. The third-order valence-corrected chi connectivity index (χ3v) is 6.41. The molecule has 0 heterocycles. The fraction of sp³-hybridized carbons (Fsp3) is 0.444. The van der Waals surface area contributed by atoms with E-state index in [-0.39, 0.29) is 36.8 Å². The molecule has 7 heteroatoms. The molecule has 0 fully saturated rings. The molecule has 182 valence electrons. The number of nitrogens with one attached hydrogen (secondary N) is 2. The van der Waals surface area contributed by atoms with Crippen LogP contribution in [0, 0.1) is 11.8 Å². The smallest absolute Gasteiger partial charge is 0.407 e. The molecule has 2 aromatic carbocycles. The van der Waals surface area contributed by atoms with Crippen molar-refractivity contribution >= 4 is 18.0 Å². The Kier molecular flexibility index (Phi) is 8.68. The van der Waals surface area contributed by atoms with Crippen LogP contribution in [0.2, 0.25) is 0 Å². The van der Waals surface area contributed by atoms with Gasteiger partial charge >= 0.3 is 12.1 Å². The van der Waals surface area contributed by atoms with Gasteiger partial charge in [-0.05, 0) is 41.0 Å². The highest BCUT2D eigenvalue weighted by atomic mass is 16.5. The number of aliphatic carboxylic acids is 1. The van der Waals surface area contributed by atoms with Crippen molar-refractivity contribution in [3.63, 3.8) is 0 Å². The molecular weight excluding hydrogens is 432 g/mol. The van der Waals surface area contributed by atoms with E-state index in [1.54, 1.807) is 6.92 Å². The van der Waals surface area contributed by atoms with Crippen LogP contribution in [0.25, 0.3) is 11.1 Å². The molecule has 7 nitrogen and oxygen atoms in total. The minimum absolute atomic E-state index is 0.0212. The molecule has 2 amide bonds. The van der Waals surface area contributed by atoms with Gasteiger partial charge in [0.25, 0.3) is 0 Å². The Morgan fingerprint density at radius 3 is 2.12 bits per heavy atom. The number of ether oxygens (including phenoxy) is 1. The second-order valence-electron chi connectivity index (χ2n) is 9.26. The lowest BCUT2D eigenvalue weighted by molar-refractivity contribution is -0.141. The van der Waals surface area contributed by atoms with Crippen LogP contribution in [-0.2, 0) is 14.3 Å². The first-order valence-electron chi connectivity index (χ1n) is 11.9. The van der Waals surface area contributed by atoms with Gasteiger partial charge in [0.15, 0.2) is 0 Å². The monoisotopic (exact) mass is 466 g/mol. The van der Waals surface area contributed by atoms with Gasteiger partial charge in [0.2, 0.25) is 5.91 Å². The molecular formula is C27H34N2O5. The Hall–Kier alpha value is -3.35. The minimum atomic E-state index is -0.835. The summed E-state index contributed by atoms with van der Waals surface area (Å²) in [5.41, 5.74) is 4.63. The van der Waals surface area contributed by atoms with E-state index >= 15 is 0 Å². The van der Waals surface area contributed by atoms with E-state index in [1.165, 1.54) is 11.1 Å². The van der Waals surface area contributed by atoms with Crippen molar-refractivity contribution in [3.05, 3.63) is 59.7 Å². The van der Waals surface area contributed by atoms with Gasteiger partial charge in [-0.3, -0.25) is 9.59 Å². The van der Waals surface area contributed by atoms with Gasteiger partial charge in [-0.1, -0.05) is 69.3 Å². The summed E-state index contributed by atoms with van der Waals surface area (Å²) < 4.78 is 5.61. The van der Waals surface area contributed by atoms with E-state index in [4.69, 9.17) is 9.84 Å². The fourth-order valence-electron chi connectivity index (χ4n) is 4.28. The van der Waals surface area contributed by atoms with Gasteiger partial charge in [0.05, 0.1) is 5.92 Å². The van der Waals surface area contributed by atoms with E-state index in [2.05, 4.69) is 34.9 Å². The Bertz CT molecular complexity index is 974. The number of rotatable bonds is 11. The standard InChI is InChI=1S/C27H34N2O5/c1-17(2)24(15-25(30)28-14-8-9-18(3)26(31)32)29-27(33)34-16-23-21-12-6-4-10-19(21)20-11-5-7-13-22(20)23/h4-7,10-13,17-18,23-24H,8-9,14-16H2,1-3H3,(H,28,30)(H,29,33)(H,31,32)/t18?,24-/m0/s1. The third-order valence-electron chi connectivity index (χ3n) is 6.41. The molecule has 0 bridgehead atoms. The third kappa shape index (κ3) is 6.37. The number of fused-ring (bicyclic) bond motifs is 3. The first-order chi connectivity index (χ1) is 16.3. The van der Waals surface area contributed by atoms with E-state index in [0.29, 0.717) is 19.4 Å². The maximum Gasteiger partial charge on any atom is 0.407 e. The number of alkyl carbamates (subject to hydrolysis) is 1. The average Bonchev–Trinajstić information content (AvgIpc) is 3.13. The van der Waals surface area contributed by atoms with Crippen LogP contribution < -0.4 is 10.6 Å². The van der Waals surface area contributed by atoms with Gasteiger partial charge in [-0.2, -0.15) is 0 Å². The number of carboxylic acids is 1. The zero-order chi connectivity index (χ0) is 24.7. The summed E-state index contributed by atoms with van der Waals surface area (Å²) in [6.07, 6.45) is 0.687. The molecule has 0 aromatic heterocycles. The highest BCUT2D eigenvalue weighted by Crippen LogP contribution is 2.44. The molecule has 1 aliphatic carbocycles. The zero-order valence-electron chi connectivity index (χ0n) is 20.0. The average molecular weight is 467 g/mol. The zero-order valence-corrected chi connectivity index (χ0v) is 20.0. The van der Waals surface area contributed by atoms with Crippen LogP contribution in [0.4, 0.5) is 4.79 Å². The molecule has 2 atom stereocenters. The quantitative estimate of drug-likeness (QED) is 0.421. The van der Waals surface area contributed by atoms with Crippen LogP contribution in [0.3, 0.4) is 0 Å². The van der Waals surface area contributed by atoms with Crippen molar-refractivity contribution in [3.8, 4) is 11.1 Å². The molecule has 0 spiro atoms. The number of benzene rings is 2. The number of carbonyl (C=O) groups is 3. The van der Waals surface area contributed by atoms with Crippen molar-refractivity contribution in [2.45, 2.75) is 52.0 Å². The summed E-state index contributed by atoms with van der Waals surface area (Å²) in [5.74, 6) is -1.43. The summed E-state index contributed by atoms with van der Waals surface area (Å²) in [4.78, 5) is 35.8. The van der Waals surface area contributed by atoms with Gasteiger partial charge in [-0.15, -0.1) is 0 Å². The van der Waals surface area contributed by atoms with E-state index in [1.807, 2.05) is 38.1 Å². The largest absolute Gasteiger partial charge is 0.481 e. The summed E-state index contributed by atoms with van der Waals surface area (Å²) in [6, 6.07) is 16.0. The number of hydrogen-bond donors (Lipinski definition) is 3. The molecule has 1 aliphatic rings. The molecule has 0 aliphatic heterocycles. The number of carbonyl (C=O) groups excluding carboxylic acids is 2. The molecule has 0 saturated carbocycles. The SMILES string of the molecule is CC(CCCNC(=O)C[C@H](NC(=O)OCC1c2ccccc2-c2ccccc21)C(C)C)C(=O)O. The normalized spacial score (nSPS) is 14.1. The number of amides is 2. The van der Waals surface area contributed by atoms with E-state index in [9.17, 15) is 14.4 Å². The van der Waals surface area contributed by atoms with Gasteiger partial charge in [-0.25, -0.2) is 4.79 Å². The molecule has 3 N–H and O–H groups in total. The molecule has 3 rings (SSSR count). The van der Waals surface area contributed by atoms with Gasteiger partial charge < -0.3 is 20.5 Å². The van der Waals surface area contributed by atoms with E-state index < -0.39 is 18.0 Å². The first kappa shape index (κ1) is 25.3. The lowest BCUT2D eigenvalue weighted by Crippen LogP contribution is -2.43. The topological polar surface area (TPSA) is 105 Å². The maximum absolute atomic E-state index is 12.6. The first-order valence-corrected chi connectivity index (χ1v) is 11.9. The highest BCUT2D eigenvalue weighted by molar-refractivity contribution is 5.79. The predicted molar refractivity (Wildman–Crippen MR) is 130 cm³/mol. The summed E-state index contributed by atoms with van der Waals surface area (Å²) in [5, 5.41) is 14.6. The summed E-state index contributed by atoms with van der Waals surface area (Å²) in [7, 11) is 0. The van der Waals surface area contributed by atoms with Crippen LogP contribution in [0.5, 0.6) is 0 Å². The van der Waals surface area contributed by atoms with Gasteiger partial charge in [0, 0.05) is 24.9 Å². The Morgan fingerprint density at radius 2 is 1.56 bits per heavy atom. The molecule has 1 unspecified atom stereocenters. The molecule has 34 heavy (non-hydrogen) atoms. The lowest BCUT2D eigenvalue weighted by atomic mass is 9.98. The van der Waals surface area contributed by atoms with Crippen molar-refractivity contribution in [1.29, 1.82) is 0 Å². The van der Waals surface area contributed by atoms with Crippen molar-refractivity contribution in [2.24, 2.45) is 11.8 Å². The second-order valence-corrected chi connectivity index (χ2v) is 9.26. The number of hydrogen-bond acceptors (Lipinski definition) is 4. The minimum Gasteiger partial charge on any atom is -0.481 e. The van der Waals surface area contributed by atoms with Crippen LogP contribution in [0.15, 0.2) is 48.5 Å². The lowest BCUT2D eigenvalue weighted by Gasteiger charge is -2.22. The highest BCUT2D eigenvalue weighted by Gasteiger charge is 2.29. The number of carboxylic acid groups (broad SMARTS) is 1. The molecule has 0 saturated heterocycles.